The third-order valence-electron chi connectivity index (χ3n) is 5.28. The zero-order valence-corrected chi connectivity index (χ0v) is 13.7. The van der Waals surface area contributed by atoms with Gasteiger partial charge in [0.25, 0.3) is 0 Å². The smallest absolute Gasteiger partial charge is 0.326 e. The van der Waals surface area contributed by atoms with Crippen molar-refractivity contribution in [1.82, 2.24) is 4.90 Å². The average molecular weight is 323 g/mol. The first-order valence-electron chi connectivity index (χ1n) is 8.60. The highest BCUT2D eigenvalue weighted by Gasteiger charge is 2.50. The zero-order valence-electron chi connectivity index (χ0n) is 13.7. The number of carboxylic acids is 1. The van der Waals surface area contributed by atoms with Crippen LogP contribution in [0.2, 0.25) is 0 Å². The van der Waals surface area contributed by atoms with Crippen molar-refractivity contribution in [3.05, 3.63) is 48.0 Å². The second-order valence-corrected chi connectivity index (χ2v) is 7.05. The molecule has 2 aliphatic carbocycles. The van der Waals surface area contributed by atoms with Crippen LogP contribution in [0.1, 0.15) is 37.7 Å². The molecular weight excluding hydrogens is 302 g/mol. The molecule has 2 aromatic rings. The lowest BCUT2D eigenvalue weighted by Crippen LogP contribution is -2.45. The van der Waals surface area contributed by atoms with Gasteiger partial charge in [0.05, 0.1) is 0 Å². The van der Waals surface area contributed by atoms with Gasteiger partial charge in [-0.3, -0.25) is 4.79 Å². The van der Waals surface area contributed by atoms with E-state index in [1.807, 2.05) is 12.1 Å². The summed E-state index contributed by atoms with van der Waals surface area (Å²) in [4.78, 5) is 25.8. The monoisotopic (exact) mass is 323 g/mol. The molecule has 2 fully saturated rings. The van der Waals surface area contributed by atoms with Crippen LogP contribution in [0.15, 0.2) is 42.5 Å². The summed E-state index contributed by atoms with van der Waals surface area (Å²) in [5.74, 6) is -0.735. The maximum absolute atomic E-state index is 12.8. The van der Waals surface area contributed by atoms with E-state index >= 15 is 0 Å². The zero-order chi connectivity index (χ0) is 16.8. The van der Waals surface area contributed by atoms with Crippen molar-refractivity contribution in [2.24, 2.45) is 5.92 Å². The number of rotatable bonds is 5. The molecule has 2 aliphatic rings. The van der Waals surface area contributed by atoms with Crippen LogP contribution >= 0.6 is 0 Å². The third kappa shape index (κ3) is 2.66. The molecule has 0 aliphatic heterocycles. The van der Waals surface area contributed by atoms with Crippen LogP contribution in [0.3, 0.4) is 0 Å². The quantitative estimate of drug-likeness (QED) is 0.917. The fraction of sp³-hybridized carbons (Fsp3) is 0.400. The van der Waals surface area contributed by atoms with Crippen LogP contribution in [0.25, 0.3) is 10.8 Å². The fourth-order valence-corrected chi connectivity index (χ4v) is 3.62. The number of amides is 1. The molecule has 4 nitrogen and oxygen atoms in total. The number of nitrogens with zero attached hydrogens (tertiary/aromatic N) is 1. The second-order valence-electron chi connectivity index (χ2n) is 7.05. The molecule has 1 amide bonds. The first kappa shape index (κ1) is 15.2. The minimum Gasteiger partial charge on any atom is -0.480 e. The Labute approximate surface area is 141 Å². The van der Waals surface area contributed by atoms with Gasteiger partial charge in [-0.1, -0.05) is 42.5 Å². The van der Waals surface area contributed by atoms with Gasteiger partial charge in [0.15, 0.2) is 0 Å². The van der Waals surface area contributed by atoms with E-state index in [1.54, 1.807) is 11.8 Å². The summed E-state index contributed by atoms with van der Waals surface area (Å²) in [6.07, 6.45) is 2.68. The highest BCUT2D eigenvalue weighted by Crippen LogP contribution is 2.50. The van der Waals surface area contributed by atoms with Gasteiger partial charge in [0, 0.05) is 12.0 Å². The van der Waals surface area contributed by atoms with Gasteiger partial charge < -0.3 is 10.0 Å². The Hall–Kier alpha value is -2.36. The summed E-state index contributed by atoms with van der Waals surface area (Å²) in [5, 5.41) is 11.7. The van der Waals surface area contributed by atoms with Gasteiger partial charge in [-0.05, 0) is 48.4 Å². The van der Waals surface area contributed by atoms with Crippen molar-refractivity contribution in [2.45, 2.75) is 44.2 Å². The number of carbonyl (C=O) groups excluding carboxylic acids is 1. The van der Waals surface area contributed by atoms with Gasteiger partial charge in [-0.2, -0.15) is 0 Å². The van der Waals surface area contributed by atoms with Crippen molar-refractivity contribution in [2.75, 3.05) is 0 Å². The number of hydrogen-bond donors (Lipinski definition) is 1. The SMILES string of the molecule is CC(C(=O)O)N(C(=O)C1CC1c1ccc2ccccc2c1)C1CC1. The molecule has 0 radical (unpaired) electrons. The standard InChI is InChI=1S/C20H21NO3/c1-12(20(23)24)21(16-8-9-16)19(22)18-11-17(18)15-7-6-13-4-2-3-5-14(13)10-15/h2-7,10,12,16-18H,8-9,11H2,1H3,(H,23,24). The van der Waals surface area contributed by atoms with Crippen molar-refractivity contribution in [1.29, 1.82) is 0 Å². The van der Waals surface area contributed by atoms with Crippen molar-refractivity contribution in [3.8, 4) is 0 Å². The van der Waals surface area contributed by atoms with Crippen molar-refractivity contribution in [3.63, 3.8) is 0 Å². The molecule has 24 heavy (non-hydrogen) atoms. The second kappa shape index (κ2) is 5.62. The molecule has 0 heterocycles. The molecule has 0 spiro atoms. The summed E-state index contributed by atoms with van der Waals surface area (Å²) in [6.45, 7) is 1.62. The molecule has 0 saturated heterocycles. The van der Waals surface area contributed by atoms with Gasteiger partial charge in [0.2, 0.25) is 5.91 Å². The number of aliphatic carboxylic acids is 1. The van der Waals surface area contributed by atoms with Gasteiger partial charge in [-0.25, -0.2) is 4.79 Å². The molecule has 0 aromatic heterocycles. The van der Waals surface area contributed by atoms with E-state index in [-0.39, 0.29) is 23.8 Å². The Morgan fingerprint density at radius 3 is 2.50 bits per heavy atom. The van der Waals surface area contributed by atoms with E-state index in [1.165, 1.54) is 16.3 Å². The molecule has 3 unspecified atom stereocenters. The van der Waals surface area contributed by atoms with Crippen LogP contribution in [-0.4, -0.2) is 34.0 Å². The molecule has 4 heteroatoms. The van der Waals surface area contributed by atoms with E-state index in [4.69, 9.17) is 0 Å². The molecule has 2 aromatic carbocycles. The number of carbonyl (C=O) groups is 2. The molecule has 1 N–H and O–H groups in total. The topological polar surface area (TPSA) is 57.6 Å². The Morgan fingerprint density at radius 2 is 1.83 bits per heavy atom. The molecule has 3 atom stereocenters. The lowest BCUT2D eigenvalue weighted by atomic mass is 10.0. The predicted molar refractivity (Wildman–Crippen MR) is 91.8 cm³/mol. The lowest BCUT2D eigenvalue weighted by Gasteiger charge is -2.26. The third-order valence-corrected chi connectivity index (χ3v) is 5.28. The Bertz CT molecular complexity index is 811. The molecule has 4 rings (SSSR count). The maximum Gasteiger partial charge on any atom is 0.326 e. The van der Waals surface area contributed by atoms with E-state index in [2.05, 4.69) is 30.3 Å². The maximum atomic E-state index is 12.8. The summed E-state index contributed by atoms with van der Waals surface area (Å²) in [6, 6.07) is 14.0. The lowest BCUT2D eigenvalue weighted by molar-refractivity contribution is -0.150. The van der Waals surface area contributed by atoms with Crippen LogP contribution in [0, 0.1) is 5.92 Å². The first-order valence-corrected chi connectivity index (χ1v) is 8.60. The molecule has 124 valence electrons. The Balaban J connectivity index is 1.53. The molecular formula is C20H21NO3. The Kier molecular flexibility index (Phi) is 3.56. The summed E-state index contributed by atoms with van der Waals surface area (Å²) in [5.41, 5.74) is 1.19. The van der Waals surface area contributed by atoms with Crippen molar-refractivity contribution < 1.29 is 14.7 Å². The Morgan fingerprint density at radius 1 is 1.12 bits per heavy atom. The van der Waals surface area contributed by atoms with Crippen molar-refractivity contribution >= 4 is 22.6 Å². The summed E-state index contributed by atoms with van der Waals surface area (Å²) in [7, 11) is 0. The minimum atomic E-state index is -0.918. The fourth-order valence-electron chi connectivity index (χ4n) is 3.62. The largest absolute Gasteiger partial charge is 0.480 e. The number of benzene rings is 2. The number of carboxylic acid groups (broad SMARTS) is 1. The van der Waals surface area contributed by atoms with E-state index in [0.717, 1.165) is 19.3 Å². The average Bonchev–Trinajstić information content (AvgIpc) is 3.47. The van der Waals surface area contributed by atoms with E-state index in [0.29, 0.717) is 0 Å². The van der Waals surface area contributed by atoms with Gasteiger partial charge in [0.1, 0.15) is 6.04 Å². The van der Waals surface area contributed by atoms with Crippen LogP contribution < -0.4 is 0 Å². The molecule has 0 bridgehead atoms. The van der Waals surface area contributed by atoms with E-state index < -0.39 is 12.0 Å². The van der Waals surface area contributed by atoms with Crippen LogP contribution in [0.5, 0.6) is 0 Å². The summed E-state index contributed by atoms with van der Waals surface area (Å²) >= 11 is 0. The highest BCUT2D eigenvalue weighted by molar-refractivity contribution is 5.89. The minimum absolute atomic E-state index is 0.0190. The predicted octanol–water partition coefficient (Wildman–Crippen LogP) is 3.41. The molecule has 2 saturated carbocycles. The van der Waals surface area contributed by atoms with Gasteiger partial charge in [-0.15, -0.1) is 0 Å². The normalized spacial score (nSPS) is 23.7. The van der Waals surface area contributed by atoms with Gasteiger partial charge >= 0.3 is 5.97 Å². The van der Waals surface area contributed by atoms with E-state index in [9.17, 15) is 14.7 Å². The highest BCUT2D eigenvalue weighted by atomic mass is 16.4. The number of fused-ring (bicyclic) bond motifs is 1. The van der Waals surface area contributed by atoms with Crippen LogP contribution in [0.4, 0.5) is 0 Å². The summed E-state index contributed by atoms with van der Waals surface area (Å²) < 4.78 is 0. The number of hydrogen-bond acceptors (Lipinski definition) is 2. The first-order chi connectivity index (χ1) is 11.6. The van der Waals surface area contributed by atoms with Crippen LogP contribution in [-0.2, 0) is 9.59 Å².